The van der Waals surface area contributed by atoms with Gasteiger partial charge < -0.3 is 14.7 Å². The molecule has 6 heteroatoms. The van der Waals surface area contributed by atoms with Crippen molar-refractivity contribution < 1.29 is 19.4 Å². The second kappa shape index (κ2) is 8.59. The van der Waals surface area contributed by atoms with Crippen molar-refractivity contribution in [1.82, 2.24) is 0 Å². The van der Waals surface area contributed by atoms with Gasteiger partial charge in [-0.2, -0.15) is 0 Å². The molecule has 1 saturated heterocycles. The third kappa shape index (κ3) is 3.71. The molecule has 1 atom stereocenters. The summed E-state index contributed by atoms with van der Waals surface area (Å²) in [4.78, 5) is 29.7. The van der Waals surface area contributed by atoms with E-state index in [0.29, 0.717) is 17.0 Å². The second-order valence-electron chi connectivity index (χ2n) is 7.72. The average molecular weight is 428 g/mol. The summed E-state index contributed by atoms with van der Waals surface area (Å²) in [6.07, 6.45) is 0. The lowest BCUT2D eigenvalue weighted by Gasteiger charge is -2.26. The first kappa shape index (κ1) is 21.2. The van der Waals surface area contributed by atoms with Crippen LogP contribution in [-0.2, 0) is 9.59 Å². The maximum atomic E-state index is 13.2. The number of Topliss-reactive ketones (excluding diaryl/α,β-unsaturated/α-hetero) is 1. The van der Waals surface area contributed by atoms with Crippen molar-refractivity contribution in [3.8, 4) is 5.75 Å². The monoisotopic (exact) mass is 428 g/mol. The summed E-state index contributed by atoms with van der Waals surface area (Å²) < 4.78 is 5.25. The van der Waals surface area contributed by atoms with Gasteiger partial charge in [0.25, 0.3) is 11.7 Å². The molecule has 6 nitrogen and oxygen atoms in total. The molecule has 3 aromatic rings. The maximum Gasteiger partial charge on any atom is 0.300 e. The first-order valence-electron chi connectivity index (χ1n) is 10.2. The van der Waals surface area contributed by atoms with Gasteiger partial charge >= 0.3 is 0 Å². The molecular weight excluding hydrogens is 404 g/mol. The van der Waals surface area contributed by atoms with Crippen molar-refractivity contribution in [2.45, 2.75) is 6.04 Å². The Morgan fingerprint density at radius 3 is 2.25 bits per heavy atom. The number of carbonyl (C=O) groups excluding carboxylic acids is 2. The summed E-state index contributed by atoms with van der Waals surface area (Å²) in [5.41, 5.74) is 2.75. The molecule has 1 aliphatic rings. The number of aliphatic hydroxyl groups excluding tert-OH is 1. The fraction of sp³-hybridized carbons (Fsp3) is 0.154. The van der Waals surface area contributed by atoms with E-state index >= 15 is 0 Å². The Morgan fingerprint density at radius 2 is 1.62 bits per heavy atom. The van der Waals surface area contributed by atoms with Crippen LogP contribution < -0.4 is 14.5 Å². The Labute approximate surface area is 187 Å². The number of hydrogen-bond donors (Lipinski definition) is 1. The third-order valence-corrected chi connectivity index (χ3v) is 5.55. The van der Waals surface area contributed by atoms with Crippen LogP contribution in [0.25, 0.3) is 5.76 Å². The highest BCUT2D eigenvalue weighted by atomic mass is 16.5. The summed E-state index contributed by atoms with van der Waals surface area (Å²) in [7, 11) is 5.40. The topological polar surface area (TPSA) is 70.1 Å². The standard InChI is InChI=1S/C26H24N2O4/c1-27(2)19-14-12-17(13-15-19)23-22(24(29)18-8-7-11-21(16-18)32-3)25(30)26(31)28(23)20-9-5-4-6-10-20/h4-16,23,29H,1-3H3/b24-22-. The van der Waals surface area contributed by atoms with E-state index in [-0.39, 0.29) is 11.3 Å². The number of hydrogen-bond acceptors (Lipinski definition) is 5. The summed E-state index contributed by atoms with van der Waals surface area (Å²) >= 11 is 0. The highest BCUT2D eigenvalue weighted by Crippen LogP contribution is 2.42. The van der Waals surface area contributed by atoms with Crippen LogP contribution in [0, 0.1) is 0 Å². The molecular formula is C26H24N2O4. The average Bonchev–Trinajstić information content (AvgIpc) is 3.09. The molecule has 3 aromatic carbocycles. The lowest BCUT2D eigenvalue weighted by molar-refractivity contribution is -0.132. The van der Waals surface area contributed by atoms with Crippen LogP contribution in [0.3, 0.4) is 0 Å². The van der Waals surface area contributed by atoms with E-state index in [0.717, 1.165) is 11.3 Å². The molecule has 0 radical (unpaired) electrons. The van der Waals surface area contributed by atoms with Crippen LogP contribution in [-0.4, -0.2) is 38.0 Å². The summed E-state index contributed by atoms with van der Waals surface area (Å²) in [6, 6.07) is 22.6. The minimum atomic E-state index is -0.764. The van der Waals surface area contributed by atoms with E-state index in [1.54, 1.807) is 36.4 Å². The SMILES string of the molecule is COc1cccc(/C(O)=C2/C(=O)C(=O)N(c3ccccc3)C2c2ccc(N(C)C)cc2)c1. The number of ketones is 1. The Balaban J connectivity index is 1.92. The minimum absolute atomic E-state index is 0.0460. The number of anilines is 2. The molecule has 1 amide bonds. The molecule has 0 bridgehead atoms. The Morgan fingerprint density at radius 1 is 0.938 bits per heavy atom. The van der Waals surface area contributed by atoms with Crippen molar-refractivity contribution in [2.24, 2.45) is 0 Å². The van der Waals surface area contributed by atoms with Crippen LogP contribution in [0.15, 0.2) is 84.4 Å². The van der Waals surface area contributed by atoms with Crippen LogP contribution in [0.4, 0.5) is 11.4 Å². The number of carbonyl (C=O) groups is 2. The lowest BCUT2D eigenvalue weighted by Crippen LogP contribution is -2.29. The molecule has 1 aliphatic heterocycles. The van der Waals surface area contributed by atoms with Crippen molar-refractivity contribution in [2.75, 3.05) is 31.0 Å². The van der Waals surface area contributed by atoms with Crippen LogP contribution in [0.1, 0.15) is 17.2 Å². The van der Waals surface area contributed by atoms with Gasteiger partial charge in [0, 0.05) is 31.0 Å². The normalized spacial score (nSPS) is 17.5. The minimum Gasteiger partial charge on any atom is -0.507 e. The fourth-order valence-corrected chi connectivity index (χ4v) is 3.88. The van der Waals surface area contributed by atoms with Crippen LogP contribution in [0.5, 0.6) is 5.75 Å². The zero-order chi connectivity index (χ0) is 22.8. The molecule has 1 N–H and O–H groups in total. The fourth-order valence-electron chi connectivity index (χ4n) is 3.88. The number of aliphatic hydroxyl groups is 1. The zero-order valence-corrected chi connectivity index (χ0v) is 18.1. The van der Waals surface area contributed by atoms with E-state index in [2.05, 4.69) is 0 Å². The van der Waals surface area contributed by atoms with E-state index in [1.807, 2.05) is 61.5 Å². The molecule has 0 saturated carbocycles. The molecule has 1 heterocycles. The van der Waals surface area contributed by atoms with E-state index in [9.17, 15) is 14.7 Å². The molecule has 162 valence electrons. The largest absolute Gasteiger partial charge is 0.507 e. The van der Waals surface area contributed by atoms with Crippen LogP contribution >= 0.6 is 0 Å². The van der Waals surface area contributed by atoms with Crippen molar-refractivity contribution in [3.05, 3.63) is 95.6 Å². The van der Waals surface area contributed by atoms with Gasteiger partial charge in [0.05, 0.1) is 18.7 Å². The molecule has 32 heavy (non-hydrogen) atoms. The van der Waals surface area contributed by atoms with Gasteiger partial charge in [0.15, 0.2) is 0 Å². The molecule has 0 aliphatic carbocycles. The predicted octanol–water partition coefficient (Wildman–Crippen LogP) is 4.39. The first-order valence-corrected chi connectivity index (χ1v) is 10.2. The Kier molecular flexibility index (Phi) is 5.69. The number of rotatable bonds is 5. The van der Waals surface area contributed by atoms with Crippen LogP contribution in [0.2, 0.25) is 0 Å². The van der Waals surface area contributed by atoms with E-state index in [1.165, 1.54) is 12.0 Å². The van der Waals surface area contributed by atoms with Gasteiger partial charge in [-0.05, 0) is 42.0 Å². The van der Waals surface area contributed by atoms with Gasteiger partial charge in [-0.1, -0.05) is 42.5 Å². The Hall–Kier alpha value is -4.06. The summed E-state index contributed by atoms with van der Waals surface area (Å²) in [5.74, 6) is -1.10. The predicted molar refractivity (Wildman–Crippen MR) is 125 cm³/mol. The van der Waals surface area contributed by atoms with Crippen molar-refractivity contribution in [1.29, 1.82) is 0 Å². The number of ether oxygens (including phenoxy) is 1. The molecule has 1 fully saturated rings. The highest BCUT2D eigenvalue weighted by Gasteiger charge is 2.46. The van der Waals surface area contributed by atoms with Gasteiger partial charge in [-0.25, -0.2) is 0 Å². The molecule has 0 aromatic heterocycles. The molecule has 0 spiro atoms. The number of benzene rings is 3. The van der Waals surface area contributed by atoms with E-state index < -0.39 is 17.7 Å². The molecule has 1 unspecified atom stereocenters. The van der Waals surface area contributed by atoms with Crippen molar-refractivity contribution >= 4 is 28.8 Å². The molecule has 4 rings (SSSR count). The lowest BCUT2D eigenvalue weighted by atomic mass is 9.95. The Bertz CT molecular complexity index is 1180. The van der Waals surface area contributed by atoms with Gasteiger partial charge in [0.1, 0.15) is 11.5 Å². The maximum absolute atomic E-state index is 13.2. The van der Waals surface area contributed by atoms with Gasteiger partial charge in [0.2, 0.25) is 0 Å². The summed E-state index contributed by atoms with van der Waals surface area (Å²) in [5, 5.41) is 11.2. The first-order chi connectivity index (χ1) is 15.4. The van der Waals surface area contributed by atoms with Crippen molar-refractivity contribution in [3.63, 3.8) is 0 Å². The third-order valence-electron chi connectivity index (χ3n) is 5.55. The number of methoxy groups -OCH3 is 1. The van der Waals surface area contributed by atoms with Gasteiger partial charge in [-0.15, -0.1) is 0 Å². The second-order valence-corrected chi connectivity index (χ2v) is 7.72. The number of para-hydroxylation sites is 1. The quantitative estimate of drug-likeness (QED) is 0.371. The smallest absolute Gasteiger partial charge is 0.300 e. The highest BCUT2D eigenvalue weighted by molar-refractivity contribution is 6.51. The summed E-state index contributed by atoms with van der Waals surface area (Å²) in [6.45, 7) is 0. The number of amides is 1. The van der Waals surface area contributed by atoms with E-state index in [4.69, 9.17) is 4.74 Å². The van der Waals surface area contributed by atoms with Gasteiger partial charge in [-0.3, -0.25) is 14.5 Å². The number of nitrogens with zero attached hydrogens (tertiary/aromatic N) is 2. The zero-order valence-electron chi connectivity index (χ0n) is 18.1.